The first kappa shape index (κ1) is 9.00. The van der Waals surface area contributed by atoms with Gasteiger partial charge in [0, 0.05) is 17.9 Å². The second-order valence-corrected chi connectivity index (χ2v) is 4.43. The molecule has 1 aliphatic rings. The third kappa shape index (κ3) is 1.46. The summed E-state index contributed by atoms with van der Waals surface area (Å²) < 4.78 is 3.20. The Bertz CT molecular complexity index is 344. The lowest BCUT2D eigenvalue weighted by atomic mass is 9.81. The Balaban J connectivity index is 2.28. The third-order valence-electron chi connectivity index (χ3n) is 2.97. The topological polar surface area (TPSA) is 20.7 Å². The van der Waals surface area contributed by atoms with Gasteiger partial charge in [-0.2, -0.15) is 0 Å². The van der Waals surface area contributed by atoms with Crippen molar-refractivity contribution in [2.75, 3.05) is 0 Å². The van der Waals surface area contributed by atoms with E-state index >= 15 is 0 Å². The first-order chi connectivity index (χ1) is 6.22. The average Bonchev–Trinajstić information content (AvgIpc) is 2.41. The van der Waals surface area contributed by atoms with Crippen LogP contribution in [0.1, 0.15) is 38.4 Å². The molecule has 0 aromatic carbocycles. The largest absolute Gasteiger partial charge is 0.337 e. The SMILES string of the molecule is CCc1c[nH]c(=S)n1C1CC(C)C1. The Kier molecular flexibility index (Phi) is 2.28. The van der Waals surface area contributed by atoms with E-state index in [1.807, 2.05) is 6.20 Å². The molecule has 0 bridgehead atoms. The van der Waals surface area contributed by atoms with Crippen LogP contribution in [0.15, 0.2) is 6.20 Å². The molecule has 0 unspecified atom stereocenters. The fourth-order valence-corrected chi connectivity index (χ4v) is 2.48. The summed E-state index contributed by atoms with van der Waals surface area (Å²) in [5, 5.41) is 0. The average molecular weight is 196 g/mol. The molecule has 1 aliphatic carbocycles. The zero-order valence-corrected chi connectivity index (χ0v) is 9.03. The Morgan fingerprint density at radius 3 is 2.85 bits per heavy atom. The minimum Gasteiger partial charge on any atom is -0.337 e. The van der Waals surface area contributed by atoms with Crippen molar-refractivity contribution in [3.8, 4) is 0 Å². The van der Waals surface area contributed by atoms with Gasteiger partial charge in [0.2, 0.25) is 0 Å². The Morgan fingerprint density at radius 1 is 1.62 bits per heavy atom. The van der Waals surface area contributed by atoms with E-state index in [2.05, 4.69) is 23.4 Å². The standard InChI is InChI=1S/C10H16N2S/c1-3-8-6-11-10(13)12(8)9-4-7(2)5-9/h6-7,9H,3-5H2,1-2H3,(H,11,13). The van der Waals surface area contributed by atoms with Gasteiger partial charge in [-0.25, -0.2) is 0 Å². The van der Waals surface area contributed by atoms with Crippen LogP contribution in [-0.4, -0.2) is 9.55 Å². The zero-order chi connectivity index (χ0) is 9.42. The van der Waals surface area contributed by atoms with Crippen molar-refractivity contribution in [3.63, 3.8) is 0 Å². The summed E-state index contributed by atoms with van der Waals surface area (Å²) in [7, 11) is 0. The summed E-state index contributed by atoms with van der Waals surface area (Å²) in [6.07, 6.45) is 5.70. The van der Waals surface area contributed by atoms with Crippen LogP contribution >= 0.6 is 12.2 Å². The lowest BCUT2D eigenvalue weighted by Gasteiger charge is -2.34. The van der Waals surface area contributed by atoms with Gasteiger partial charge in [0.25, 0.3) is 0 Å². The molecule has 1 fully saturated rings. The van der Waals surface area contributed by atoms with E-state index < -0.39 is 0 Å². The number of nitrogens with zero attached hydrogens (tertiary/aromatic N) is 1. The molecule has 1 aromatic heterocycles. The number of hydrogen-bond acceptors (Lipinski definition) is 1. The highest BCUT2D eigenvalue weighted by atomic mass is 32.1. The summed E-state index contributed by atoms with van der Waals surface area (Å²) in [5.74, 6) is 0.881. The van der Waals surface area contributed by atoms with Crippen LogP contribution in [0, 0.1) is 10.7 Å². The summed E-state index contributed by atoms with van der Waals surface area (Å²) in [5.41, 5.74) is 1.35. The molecule has 0 aliphatic heterocycles. The molecule has 0 radical (unpaired) electrons. The van der Waals surface area contributed by atoms with Gasteiger partial charge in [0.1, 0.15) is 0 Å². The summed E-state index contributed by atoms with van der Waals surface area (Å²) in [4.78, 5) is 3.13. The lowest BCUT2D eigenvalue weighted by Crippen LogP contribution is -2.25. The number of hydrogen-bond donors (Lipinski definition) is 1. The van der Waals surface area contributed by atoms with Gasteiger partial charge < -0.3 is 9.55 Å². The summed E-state index contributed by atoms with van der Waals surface area (Å²) in [6.45, 7) is 4.48. The van der Waals surface area contributed by atoms with Gasteiger partial charge in [-0.15, -0.1) is 0 Å². The predicted octanol–water partition coefficient (Wildman–Crippen LogP) is 3.08. The summed E-state index contributed by atoms with van der Waals surface area (Å²) >= 11 is 5.26. The normalized spacial score (nSPS) is 27.2. The van der Waals surface area contributed by atoms with Crippen molar-refractivity contribution in [2.45, 2.75) is 39.2 Å². The predicted molar refractivity (Wildman–Crippen MR) is 56.4 cm³/mol. The van der Waals surface area contributed by atoms with Crippen LogP contribution in [-0.2, 0) is 6.42 Å². The number of nitrogens with one attached hydrogen (secondary N) is 1. The Hall–Kier alpha value is -0.570. The number of aromatic amines is 1. The molecular weight excluding hydrogens is 180 g/mol. The number of imidazole rings is 1. The fraction of sp³-hybridized carbons (Fsp3) is 0.700. The molecule has 1 heterocycles. The second kappa shape index (κ2) is 3.29. The fourth-order valence-electron chi connectivity index (χ4n) is 2.16. The van der Waals surface area contributed by atoms with Crippen LogP contribution < -0.4 is 0 Å². The van der Waals surface area contributed by atoms with Crippen LogP contribution in [0.2, 0.25) is 0 Å². The smallest absolute Gasteiger partial charge is 0.177 e. The summed E-state index contributed by atoms with van der Waals surface area (Å²) in [6, 6.07) is 0.670. The lowest BCUT2D eigenvalue weighted by molar-refractivity contribution is 0.211. The molecule has 13 heavy (non-hydrogen) atoms. The van der Waals surface area contributed by atoms with E-state index in [1.54, 1.807) is 0 Å². The van der Waals surface area contributed by atoms with E-state index in [4.69, 9.17) is 12.2 Å². The van der Waals surface area contributed by atoms with Crippen molar-refractivity contribution >= 4 is 12.2 Å². The van der Waals surface area contributed by atoms with E-state index in [9.17, 15) is 0 Å². The molecule has 1 aromatic rings. The molecule has 2 nitrogen and oxygen atoms in total. The molecular formula is C10H16N2S. The van der Waals surface area contributed by atoms with Crippen LogP contribution in [0.3, 0.4) is 0 Å². The van der Waals surface area contributed by atoms with Crippen molar-refractivity contribution in [1.82, 2.24) is 9.55 Å². The van der Waals surface area contributed by atoms with Crippen molar-refractivity contribution < 1.29 is 0 Å². The van der Waals surface area contributed by atoms with Crippen LogP contribution in [0.4, 0.5) is 0 Å². The van der Waals surface area contributed by atoms with E-state index in [0.717, 1.165) is 17.1 Å². The molecule has 72 valence electrons. The van der Waals surface area contributed by atoms with E-state index in [-0.39, 0.29) is 0 Å². The molecule has 3 heteroatoms. The molecule has 0 saturated heterocycles. The maximum atomic E-state index is 5.26. The maximum Gasteiger partial charge on any atom is 0.177 e. The highest BCUT2D eigenvalue weighted by molar-refractivity contribution is 7.71. The van der Waals surface area contributed by atoms with Crippen molar-refractivity contribution in [3.05, 3.63) is 16.7 Å². The Labute approximate surface area is 84.0 Å². The number of H-pyrrole nitrogens is 1. The molecule has 1 saturated carbocycles. The van der Waals surface area contributed by atoms with E-state index in [0.29, 0.717) is 6.04 Å². The minimum absolute atomic E-state index is 0.670. The van der Waals surface area contributed by atoms with Gasteiger partial charge in [0.15, 0.2) is 4.77 Å². The van der Waals surface area contributed by atoms with Gasteiger partial charge >= 0.3 is 0 Å². The molecule has 2 rings (SSSR count). The highest BCUT2D eigenvalue weighted by Gasteiger charge is 2.28. The quantitative estimate of drug-likeness (QED) is 0.721. The number of aryl methyl sites for hydroxylation is 1. The van der Waals surface area contributed by atoms with Crippen molar-refractivity contribution in [2.24, 2.45) is 5.92 Å². The first-order valence-electron chi connectivity index (χ1n) is 5.01. The van der Waals surface area contributed by atoms with Gasteiger partial charge in [-0.3, -0.25) is 0 Å². The zero-order valence-electron chi connectivity index (χ0n) is 8.21. The Morgan fingerprint density at radius 2 is 2.31 bits per heavy atom. The van der Waals surface area contributed by atoms with Gasteiger partial charge in [0.05, 0.1) is 0 Å². The maximum absolute atomic E-state index is 5.26. The molecule has 0 amide bonds. The van der Waals surface area contributed by atoms with Crippen LogP contribution in [0.5, 0.6) is 0 Å². The van der Waals surface area contributed by atoms with Crippen molar-refractivity contribution in [1.29, 1.82) is 0 Å². The van der Waals surface area contributed by atoms with Gasteiger partial charge in [-0.1, -0.05) is 13.8 Å². The minimum atomic E-state index is 0.670. The molecule has 0 atom stereocenters. The highest BCUT2D eigenvalue weighted by Crippen LogP contribution is 2.38. The monoisotopic (exact) mass is 196 g/mol. The van der Waals surface area contributed by atoms with Gasteiger partial charge in [-0.05, 0) is 37.4 Å². The number of aromatic nitrogens is 2. The van der Waals surface area contributed by atoms with Crippen LogP contribution in [0.25, 0.3) is 0 Å². The first-order valence-corrected chi connectivity index (χ1v) is 5.42. The molecule has 0 spiro atoms. The second-order valence-electron chi connectivity index (χ2n) is 4.04. The molecule has 1 N–H and O–H groups in total. The third-order valence-corrected chi connectivity index (χ3v) is 3.28. The van der Waals surface area contributed by atoms with E-state index in [1.165, 1.54) is 18.5 Å². The number of rotatable bonds is 2.